The van der Waals surface area contributed by atoms with E-state index in [0.717, 1.165) is 31.1 Å². The van der Waals surface area contributed by atoms with Crippen LogP contribution in [-0.4, -0.2) is 100 Å². The predicted octanol–water partition coefficient (Wildman–Crippen LogP) is 1.51. The number of carboxylic acid groups (broad SMARTS) is 1. The van der Waals surface area contributed by atoms with Crippen LogP contribution >= 0.6 is 0 Å². The van der Waals surface area contributed by atoms with E-state index in [2.05, 4.69) is 10.00 Å². The normalized spacial score (nSPS) is 24.6. The van der Waals surface area contributed by atoms with Gasteiger partial charge in [-0.15, -0.1) is 0 Å². The van der Waals surface area contributed by atoms with E-state index in [-0.39, 0.29) is 17.7 Å². The van der Waals surface area contributed by atoms with Gasteiger partial charge in [0, 0.05) is 52.6 Å². The van der Waals surface area contributed by atoms with E-state index < -0.39 is 17.7 Å². The van der Waals surface area contributed by atoms with E-state index in [1.54, 1.807) is 10.9 Å². The number of amides is 2. The van der Waals surface area contributed by atoms with E-state index in [4.69, 9.17) is 14.6 Å². The van der Waals surface area contributed by atoms with Crippen LogP contribution in [0, 0.1) is 11.8 Å². The van der Waals surface area contributed by atoms with Crippen molar-refractivity contribution in [1.29, 1.82) is 0 Å². The Bertz CT molecular complexity index is 966. The molecule has 0 bridgehead atoms. The molecule has 4 aliphatic rings. The van der Waals surface area contributed by atoms with Gasteiger partial charge in [-0.2, -0.15) is 18.3 Å². The second-order valence-electron chi connectivity index (χ2n) is 9.94. The van der Waals surface area contributed by atoms with Gasteiger partial charge in [-0.05, 0) is 38.0 Å². The topological polar surface area (TPSA) is 108 Å². The lowest BCUT2D eigenvalue weighted by atomic mass is 9.81. The summed E-state index contributed by atoms with van der Waals surface area (Å²) in [7, 11) is 1.88. The van der Waals surface area contributed by atoms with Gasteiger partial charge in [0.05, 0.1) is 24.4 Å². The third-order valence-corrected chi connectivity index (χ3v) is 7.44. The molecule has 1 spiro atoms. The molecule has 13 heteroatoms. The molecular weight excluding hydrogens is 483 g/mol. The molecule has 3 aliphatic heterocycles. The molecule has 4 heterocycles. The quantitative estimate of drug-likeness (QED) is 0.648. The van der Waals surface area contributed by atoms with Gasteiger partial charge in [-0.25, -0.2) is 4.79 Å². The van der Waals surface area contributed by atoms with Crippen LogP contribution in [0.1, 0.15) is 32.1 Å². The Balaban J connectivity index is 0.000000384. The number of carbonyl (C=O) groups is 3. The van der Waals surface area contributed by atoms with Gasteiger partial charge in [0.2, 0.25) is 11.8 Å². The second-order valence-corrected chi connectivity index (χ2v) is 9.94. The molecule has 3 saturated heterocycles. The largest absolute Gasteiger partial charge is 0.490 e. The number of nitrogens with zero attached hydrogens (tertiary/aromatic N) is 5. The fraction of sp³-hybridized carbons (Fsp3) is 0.739. The number of rotatable bonds is 4. The van der Waals surface area contributed by atoms with E-state index in [1.807, 2.05) is 23.0 Å². The van der Waals surface area contributed by atoms with Crippen LogP contribution in [0.4, 0.5) is 18.9 Å². The minimum absolute atomic E-state index is 0.000524. The Labute approximate surface area is 206 Å². The Morgan fingerprint density at radius 1 is 1.17 bits per heavy atom. The highest BCUT2D eigenvalue weighted by Crippen LogP contribution is 2.40. The van der Waals surface area contributed by atoms with Crippen LogP contribution in [0.2, 0.25) is 0 Å². The molecule has 1 aromatic rings. The lowest BCUT2D eigenvalue weighted by Gasteiger charge is -2.53. The van der Waals surface area contributed by atoms with E-state index in [9.17, 15) is 22.8 Å². The number of likely N-dealkylation sites (tertiary alicyclic amines) is 1. The number of piperazine rings is 1. The SMILES string of the molecule is Cn1cc(N2CCN(CC3CC3)C3(CCN(C(=O)C4CCOC4)CC3)C2=O)cn1.O=C(O)C(F)(F)F. The maximum Gasteiger partial charge on any atom is 0.490 e. The molecule has 10 nitrogen and oxygen atoms in total. The Morgan fingerprint density at radius 2 is 1.83 bits per heavy atom. The van der Waals surface area contributed by atoms with Crippen molar-refractivity contribution in [2.45, 2.75) is 43.8 Å². The van der Waals surface area contributed by atoms with Crippen molar-refractivity contribution in [2.75, 3.05) is 50.8 Å². The van der Waals surface area contributed by atoms with Crippen LogP contribution in [0.25, 0.3) is 0 Å². The lowest BCUT2D eigenvalue weighted by Crippen LogP contribution is -2.69. The molecule has 1 atom stereocenters. The standard InChI is InChI=1S/C21H31N5O3.C2HF3O2/c1-23-14-18(12-22-23)26-10-9-25(13-16-2-3-16)21(20(26)28)5-7-24(8-6-21)19(27)17-4-11-29-15-17;3-2(4,5)1(6)7/h12,14,16-17H,2-11,13,15H2,1H3;(H,6,7). The summed E-state index contributed by atoms with van der Waals surface area (Å²) in [5, 5.41) is 11.4. The number of anilines is 1. The van der Waals surface area contributed by atoms with Crippen molar-refractivity contribution in [1.82, 2.24) is 19.6 Å². The summed E-state index contributed by atoms with van der Waals surface area (Å²) in [6.45, 7) is 5.15. The highest BCUT2D eigenvalue weighted by molar-refractivity contribution is 6.01. The molecule has 0 aromatic carbocycles. The van der Waals surface area contributed by atoms with Crippen molar-refractivity contribution in [3.05, 3.63) is 12.4 Å². The third-order valence-electron chi connectivity index (χ3n) is 7.44. The van der Waals surface area contributed by atoms with Crippen LogP contribution in [0.5, 0.6) is 0 Å². The number of aryl methyl sites for hydroxylation is 1. The number of carboxylic acids is 1. The molecule has 0 radical (unpaired) electrons. The monoisotopic (exact) mass is 515 g/mol. The first-order valence-corrected chi connectivity index (χ1v) is 12.2. The van der Waals surface area contributed by atoms with Crippen LogP contribution in [-0.2, 0) is 26.2 Å². The van der Waals surface area contributed by atoms with Gasteiger partial charge in [0.1, 0.15) is 5.54 Å². The highest BCUT2D eigenvalue weighted by Gasteiger charge is 2.52. The van der Waals surface area contributed by atoms with Crippen molar-refractivity contribution < 1.29 is 37.4 Å². The average molecular weight is 516 g/mol. The summed E-state index contributed by atoms with van der Waals surface area (Å²) in [6, 6.07) is 0. The molecule has 4 fully saturated rings. The van der Waals surface area contributed by atoms with E-state index in [0.29, 0.717) is 45.7 Å². The van der Waals surface area contributed by atoms with Gasteiger partial charge < -0.3 is 19.6 Å². The minimum Gasteiger partial charge on any atom is -0.475 e. The fourth-order valence-corrected chi connectivity index (χ4v) is 5.21. The first-order chi connectivity index (χ1) is 17.0. The van der Waals surface area contributed by atoms with E-state index in [1.165, 1.54) is 12.8 Å². The van der Waals surface area contributed by atoms with Crippen LogP contribution < -0.4 is 4.90 Å². The van der Waals surface area contributed by atoms with Crippen LogP contribution in [0.15, 0.2) is 12.4 Å². The molecular formula is C23H32F3N5O5. The van der Waals surface area contributed by atoms with Crippen LogP contribution in [0.3, 0.4) is 0 Å². The Hall–Kier alpha value is -2.67. The number of carbonyl (C=O) groups excluding carboxylic acids is 2. The molecule has 200 valence electrons. The summed E-state index contributed by atoms with van der Waals surface area (Å²) in [5.74, 6) is -1.62. The summed E-state index contributed by atoms with van der Waals surface area (Å²) >= 11 is 0. The van der Waals surface area contributed by atoms with Crippen molar-refractivity contribution in [3.8, 4) is 0 Å². The van der Waals surface area contributed by atoms with Gasteiger partial charge in [0.15, 0.2) is 0 Å². The zero-order valence-electron chi connectivity index (χ0n) is 20.2. The molecule has 1 unspecified atom stereocenters. The summed E-state index contributed by atoms with van der Waals surface area (Å²) < 4.78 is 38.9. The molecule has 1 saturated carbocycles. The maximum absolute atomic E-state index is 13.8. The molecule has 1 aliphatic carbocycles. The third kappa shape index (κ3) is 5.66. The molecule has 1 aromatic heterocycles. The number of aromatic nitrogens is 2. The number of alkyl halides is 3. The Kier molecular flexibility index (Phi) is 7.60. The molecule has 1 N–H and O–H groups in total. The Morgan fingerprint density at radius 3 is 2.33 bits per heavy atom. The zero-order valence-corrected chi connectivity index (χ0v) is 20.2. The number of hydrogen-bond acceptors (Lipinski definition) is 6. The van der Waals surface area contributed by atoms with Crippen molar-refractivity contribution in [2.24, 2.45) is 18.9 Å². The van der Waals surface area contributed by atoms with Gasteiger partial charge in [0.25, 0.3) is 0 Å². The molecule has 36 heavy (non-hydrogen) atoms. The first-order valence-electron chi connectivity index (χ1n) is 12.2. The van der Waals surface area contributed by atoms with Gasteiger partial charge in [-0.1, -0.05) is 0 Å². The van der Waals surface area contributed by atoms with Gasteiger partial charge >= 0.3 is 12.1 Å². The van der Waals surface area contributed by atoms with E-state index >= 15 is 0 Å². The molecule has 2 amide bonds. The predicted molar refractivity (Wildman–Crippen MR) is 121 cm³/mol. The lowest BCUT2D eigenvalue weighted by molar-refractivity contribution is -0.192. The number of ether oxygens (including phenoxy) is 1. The number of piperidine rings is 1. The summed E-state index contributed by atoms with van der Waals surface area (Å²) in [4.78, 5) is 41.8. The number of halogens is 3. The smallest absolute Gasteiger partial charge is 0.475 e. The summed E-state index contributed by atoms with van der Waals surface area (Å²) in [5.41, 5.74) is 0.393. The highest BCUT2D eigenvalue weighted by atomic mass is 19.4. The second kappa shape index (κ2) is 10.4. The maximum atomic E-state index is 13.8. The summed E-state index contributed by atoms with van der Waals surface area (Å²) in [6.07, 6.45) is 3.42. The average Bonchev–Trinajstić information content (AvgIpc) is 3.28. The fourth-order valence-electron chi connectivity index (χ4n) is 5.21. The zero-order chi connectivity index (χ0) is 26.1. The number of hydrogen-bond donors (Lipinski definition) is 1. The molecule has 5 rings (SSSR count). The van der Waals surface area contributed by atoms with Gasteiger partial charge in [-0.3, -0.25) is 19.2 Å². The number of aliphatic carboxylic acids is 1. The van der Waals surface area contributed by atoms with Crippen molar-refractivity contribution in [3.63, 3.8) is 0 Å². The van der Waals surface area contributed by atoms with Crippen molar-refractivity contribution >= 4 is 23.5 Å². The first kappa shape index (κ1) is 26.4. The minimum atomic E-state index is -5.08.